The molecule has 2 aliphatic rings. The summed E-state index contributed by atoms with van der Waals surface area (Å²) in [5, 5.41) is 21.8. The first-order valence-electron chi connectivity index (χ1n) is 7.80. The van der Waals surface area contributed by atoms with Crippen LogP contribution in [0.15, 0.2) is 0 Å². The normalized spacial score (nSPS) is 28.2. The second-order valence-corrected chi connectivity index (χ2v) is 6.57. The number of nitrogens with zero attached hydrogens (tertiary/aromatic N) is 1. The molecule has 2 fully saturated rings. The standard InChI is InChI=1S/C9H13NO5.C6H14N2.Pt/c1-4(2)5-6(11)10(3)9(5,7(12)13)8(14)15;7-5-3-1-2-4-6(5)8;/h4-5H,1-3H3,(H,12,13)(H,14,15);5-6H,1-4,7-8H2;/q;;+2/p-2. The Morgan fingerprint density at radius 1 is 1.12 bits per heavy atom. The van der Waals surface area contributed by atoms with Gasteiger partial charge in [0.25, 0.3) is 0 Å². The summed E-state index contributed by atoms with van der Waals surface area (Å²) in [4.78, 5) is 33.8. The van der Waals surface area contributed by atoms with E-state index in [0.717, 1.165) is 19.9 Å². The van der Waals surface area contributed by atoms with Gasteiger partial charge in [0.05, 0.1) is 17.9 Å². The molecule has 1 aliphatic carbocycles. The maximum absolute atomic E-state index is 11.4. The maximum Gasteiger partial charge on any atom is 2.00 e. The fourth-order valence-corrected chi connectivity index (χ4v) is 3.27. The number of hydrogen-bond donors (Lipinski definition) is 2. The Morgan fingerprint density at radius 3 is 1.71 bits per heavy atom. The molecule has 1 aliphatic heterocycles. The van der Waals surface area contributed by atoms with Gasteiger partial charge in [0.2, 0.25) is 5.91 Å². The molecule has 3 unspecified atom stereocenters. The molecule has 0 aromatic rings. The molecule has 0 bridgehead atoms. The molecule has 1 amide bonds. The molecule has 0 aromatic heterocycles. The van der Waals surface area contributed by atoms with Gasteiger partial charge in [0.1, 0.15) is 5.54 Å². The summed E-state index contributed by atoms with van der Waals surface area (Å²) in [5.74, 6) is -5.63. The molecule has 8 nitrogen and oxygen atoms in total. The zero-order chi connectivity index (χ0) is 17.9. The number of carbonyl (C=O) groups excluding carboxylic acids is 3. The van der Waals surface area contributed by atoms with Gasteiger partial charge in [-0.3, -0.25) is 4.79 Å². The van der Waals surface area contributed by atoms with Crippen LogP contribution in [-0.2, 0) is 35.4 Å². The van der Waals surface area contributed by atoms with E-state index in [-0.39, 0.29) is 33.1 Å². The van der Waals surface area contributed by atoms with Crippen LogP contribution >= 0.6 is 0 Å². The van der Waals surface area contributed by atoms with E-state index in [9.17, 15) is 24.6 Å². The average molecular weight is 522 g/mol. The largest absolute Gasteiger partial charge is 2.00 e. The van der Waals surface area contributed by atoms with E-state index in [4.69, 9.17) is 11.5 Å². The van der Waals surface area contributed by atoms with E-state index in [1.165, 1.54) is 12.8 Å². The summed E-state index contributed by atoms with van der Waals surface area (Å²) in [5.41, 5.74) is 8.99. The van der Waals surface area contributed by atoms with E-state index in [1.807, 2.05) is 0 Å². The molecular weight excluding hydrogens is 497 g/mol. The van der Waals surface area contributed by atoms with Crippen molar-refractivity contribution in [1.29, 1.82) is 0 Å². The van der Waals surface area contributed by atoms with Gasteiger partial charge in [0.15, 0.2) is 0 Å². The van der Waals surface area contributed by atoms with Gasteiger partial charge in [0, 0.05) is 19.1 Å². The fraction of sp³-hybridized carbons (Fsp3) is 0.800. The van der Waals surface area contributed by atoms with Crippen molar-refractivity contribution >= 4 is 17.8 Å². The first-order valence-corrected chi connectivity index (χ1v) is 7.80. The quantitative estimate of drug-likeness (QED) is 0.300. The van der Waals surface area contributed by atoms with Crippen LogP contribution in [0.5, 0.6) is 0 Å². The molecule has 0 aromatic carbocycles. The second kappa shape index (κ2) is 8.92. The predicted octanol–water partition coefficient (Wildman–Crippen LogP) is -2.82. The molecule has 0 radical (unpaired) electrons. The van der Waals surface area contributed by atoms with Crippen molar-refractivity contribution in [2.75, 3.05) is 7.05 Å². The molecule has 140 valence electrons. The third kappa shape index (κ3) is 3.98. The Balaban J connectivity index is 0.000000498. The topological polar surface area (TPSA) is 153 Å². The molecular formula is C15H25N3O5Pt. The monoisotopic (exact) mass is 522 g/mol. The number of carboxylic acids is 2. The van der Waals surface area contributed by atoms with Crippen molar-refractivity contribution in [2.24, 2.45) is 23.3 Å². The Morgan fingerprint density at radius 2 is 1.50 bits per heavy atom. The van der Waals surface area contributed by atoms with Gasteiger partial charge in [-0.15, -0.1) is 0 Å². The van der Waals surface area contributed by atoms with Crippen molar-refractivity contribution in [1.82, 2.24) is 4.90 Å². The Hall–Kier alpha value is -0.982. The molecule has 9 heteroatoms. The van der Waals surface area contributed by atoms with Crippen LogP contribution in [0, 0.1) is 11.8 Å². The minimum atomic E-state index is -2.31. The Kier molecular flexibility index (Phi) is 8.56. The number of β-lactam (4-membered cyclic amide) rings is 1. The number of aliphatic carboxylic acids is 2. The van der Waals surface area contributed by atoms with E-state index >= 15 is 0 Å². The number of carbonyl (C=O) groups is 3. The number of hydrogen-bond acceptors (Lipinski definition) is 7. The number of rotatable bonds is 3. The zero-order valence-corrected chi connectivity index (χ0v) is 16.4. The van der Waals surface area contributed by atoms with Gasteiger partial charge < -0.3 is 36.2 Å². The SMILES string of the molecule is CC(C)C1C(=O)N(C)C1(C(=O)[O-])C(=O)[O-].NC1CCCCC1N.[Pt+2]. The number of likely N-dealkylation sites (tertiary alicyclic amines) is 1. The van der Waals surface area contributed by atoms with Gasteiger partial charge in [-0.25, -0.2) is 0 Å². The van der Waals surface area contributed by atoms with Gasteiger partial charge in [-0.2, -0.15) is 0 Å². The van der Waals surface area contributed by atoms with Gasteiger partial charge in [-0.1, -0.05) is 26.7 Å². The van der Waals surface area contributed by atoms with E-state index in [0.29, 0.717) is 4.90 Å². The molecule has 24 heavy (non-hydrogen) atoms. The van der Waals surface area contributed by atoms with Crippen LogP contribution < -0.4 is 21.7 Å². The maximum atomic E-state index is 11.4. The van der Waals surface area contributed by atoms with Crippen LogP contribution in [0.1, 0.15) is 39.5 Å². The molecule has 2 rings (SSSR count). The average Bonchev–Trinajstić information content (AvgIpc) is 2.45. The molecule has 1 saturated heterocycles. The first-order chi connectivity index (χ1) is 10.6. The summed E-state index contributed by atoms with van der Waals surface area (Å²) in [6, 6.07) is 0.562. The van der Waals surface area contributed by atoms with Crippen molar-refractivity contribution in [3.8, 4) is 0 Å². The number of carboxylic acid groups (broad SMARTS) is 2. The smallest absolute Gasteiger partial charge is 0.547 e. The molecule has 3 atom stereocenters. The second-order valence-electron chi connectivity index (χ2n) is 6.57. The van der Waals surface area contributed by atoms with Crippen molar-refractivity contribution in [3.63, 3.8) is 0 Å². The van der Waals surface area contributed by atoms with Crippen molar-refractivity contribution in [2.45, 2.75) is 57.2 Å². The summed E-state index contributed by atoms with van der Waals surface area (Å²) in [7, 11) is 1.12. The van der Waals surface area contributed by atoms with Crippen LogP contribution in [0.4, 0.5) is 0 Å². The minimum absolute atomic E-state index is 0. The van der Waals surface area contributed by atoms with E-state index < -0.39 is 35.2 Å². The third-order valence-electron chi connectivity index (χ3n) is 4.74. The third-order valence-corrected chi connectivity index (χ3v) is 4.74. The predicted molar refractivity (Wildman–Crippen MR) is 78.3 cm³/mol. The van der Waals surface area contributed by atoms with Crippen LogP contribution in [-0.4, -0.2) is 47.4 Å². The molecule has 1 heterocycles. The first kappa shape index (κ1) is 23.0. The summed E-state index contributed by atoms with van der Waals surface area (Å²) >= 11 is 0. The Labute approximate surface area is 156 Å². The zero-order valence-electron chi connectivity index (χ0n) is 14.1. The molecule has 4 N–H and O–H groups in total. The van der Waals surface area contributed by atoms with Gasteiger partial charge >= 0.3 is 21.1 Å². The summed E-state index contributed by atoms with van der Waals surface area (Å²) in [6.07, 6.45) is 4.80. The van der Waals surface area contributed by atoms with Gasteiger partial charge in [-0.05, 0) is 18.8 Å². The number of amides is 1. The number of likely N-dealkylation sites (N-methyl/N-ethyl adjacent to an activating group) is 1. The summed E-state index contributed by atoms with van der Waals surface area (Å²) < 4.78 is 0. The van der Waals surface area contributed by atoms with Crippen LogP contribution in [0.3, 0.4) is 0 Å². The van der Waals surface area contributed by atoms with E-state index in [2.05, 4.69) is 0 Å². The van der Waals surface area contributed by atoms with Crippen molar-refractivity contribution < 1.29 is 45.7 Å². The minimum Gasteiger partial charge on any atom is -0.547 e. The summed E-state index contributed by atoms with van der Waals surface area (Å²) in [6.45, 7) is 3.16. The van der Waals surface area contributed by atoms with E-state index in [1.54, 1.807) is 13.8 Å². The van der Waals surface area contributed by atoms with Crippen LogP contribution in [0.2, 0.25) is 0 Å². The molecule has 0 spiro atoms. The van der Waals surface area contributed by atoms with Crippen molar-refractivity contribution in [3.05, 3.63) is 0 Å². The Bertz CT molecular complexity index is 462. The van der Waals surface area contributed by atoms with Crippen LogP contribution in [0.25, 0.3) is 0 Å². The molecule has 1 saturated carbocycles. The number of nitrogens with two attached hydrogens (primary N) is 2. The fourth-order valence-electron chi connectivity index (χ4n) is 3.27.